The number of pyridine rings is 1. The Morgan fingerprint density at radius 3 is 2.44 bits per heavy atom. The lowest BCUT2D eigenvalue weighted by molar-refractivity contribution is 1.27. The lowest BCUT2D eigenvalue weighted by Gasteiger charge is -2.01. The van der Waals surface area contributed by atoms with Gasteiger partial charge in [-0.2, -0.15) is 0 Å². The molecule has 0 amide bonds. The fourth-order valence-electron chi connectivity index (χ4n) is 1.22. The average Bonchev–Trinajstić information content (AvgIpc) is 2.35. The molecule has 0 saturated heterocycles. The van der Waals surface area contributed by atoms with Gasteiger partial charge in [0.25, 0.3) is 0 Å². The summed E-state index contributed by atoms with van der Waals surface area (Å²) in [6.45, 7) is 11.0. The Balaban J connectivity index is 3.06. The van der Waals surface area contributed by atoms with Crippen LogP contribution in [0.5, 0.6) is 0 Å². The lowest BCUT2D eigenvalue weighted by atomic mass is 10.1. The lowest BCUT2D eigenvalue weighted by Crippen LogP contribution is -1.86. The van der Waals surface area contributed by atoms with Crippen molar-refractivity contribution in [3.63, 3.8) is 0 Å². The molecule has 0 aliphatic rings. The van der Waals surface area contributed by atoms with Gasteiger partial charge in [0.15, 0.2) is 0 Å². The smallest absolute Gasteiger partial charge is 0.0702 e. The van der Waals surface area contributed by atoms with Gasteiger partial charge in [-0.05, 0) is 11.6 Å². The van der Waals surface area contributed by atoms with Gasteiger partial charge < -0.3 is 0 Å². The van der Waals surface area contributed by atoms with E-state index in [0.29, 0.717) is 0 Å². The first-order valence-electron chi connectivity index (χ1n) is 5.02. The number of rotatable bonds is 5. The number of nitrogens with zero attached hydrogens (tertiary/aromatic N) is 1. The Morgan fingerprint density at radius 2 is 1.94 bits per heavy atom. The summed E-state index contributed by atoms with van der Waals surface area (Å²) in [5.41, 5.74) is 2.92. The first kappa shape index (κ1) is 11.9. The van der Waals surface area contributed by atoms with E-state index in [1.54, 1.807) is 24.4 Å². The van der Waals surface area contributed by atoms with Crippen molar-refractivity contribution in [3.05, 3.63) is 79.7 Å². The molecule has 0 atom stereocenters. The van der Waals surface area contributed by atoms with E-state index in [1.165, 1.54) is 0 Å². The highest BCUT2D eigenvalue weighted by atomic mass is 14.7. The topological polar surface area (TPSA) is 12.9 Å². The maximum Gasteiger partial charge on any atom is 0.0702 e. The van der Waals surface area contributed by atoms with Gasteiger partial charge in [-0.1, -0.05) is 62.3 Å². The van der Waals surface area contributed by atoms with Gasteiger partial charge in [-0.25, -0.2) is 0 Å². The zero-order valence-corrected chi connectivity index (χ0v) is 9.26. The minimum absolute atomic E-state index is 0.906. The molecule has 0 saturated carbocycles. The molecule has 1 heteroatoms. The second-order valence-corrected chi connectivity index (χ2v) is 3.13. The summed E-state index contributed by atoms with van der Waals surface area (Å²) in [5, 5.41) is 0. The van der Waals surface area contributed by atoms with Gasteiger partial charge >= 0.3 is 0 Å². The van der Waals surface area contributed by atoms with E-state index >= 15 is 0 Å². The molecule has 16 heavy (non-hydrogen) atoms. The third kappa shape index (κ3) is 3.21. The third-order valence-electron chi connectivity index (χ3n) is 2.03. The summed E-state index contributed by atoms with van der Waals surface area (Å²) in [6.07, 6.45) is 12.8. The standard InChI is InChI=1S/C15H15N/c1-4-7-9-14(8-5-2)15-11-10-13(6-3)12-16-15/h4-12H,1-3H2/b9-7-,14-8+. The van der Waals surface area contributed by atoms with E-state index in [0.717, 1.165) is 16.8 Å². The summed E-state index contributed by atoms with van der Waals surface area (Å²) in [7, 11) is 0. The van der Waals surface area contributed by atoms with Crippen LogP contribution in [0.15, 0.2) is 68.4 Å². The second-order valence-electron chi connectivity index (χ2n) is 3.13. The zero-order valence-electron chi connectivity index (χ0n) is 9.26. The Morgan fingerprint density at radius 1 is 1.12 bits per heavy atom. The summed E-state index contributed by atoms with van der Waals surface area (Å²) >= 11 is 0. The molecule has 0 aliphatic heterocycles. The van der Waals surface area contributed by atoms with Gasteiger partial charge in [0, 0.05) is 11.8 Å². The van der Waals surface area contributed by atoms with Crippen molar-refractivity contribution in [2.45, 2.75) is 0 Å². The van der Waals surface area contributed by atoms with Crippen LogP contribution in [-0.4, -0.2) is 4.98 Å². The molecule has 1 heterocycles. The molecule has 1 rings (SSSR count). The molecule has 1 aromatic rings. The predicted molar refractivity (Wildman–Crippen MR) is 71.8 cm³/mol. The molecule has 0 aromatic carbocycles. The molecule has 0 aliphatic carbocycles. The summed E-state index contributed by atoms with van der Waals surface area (Å²) in [4.78, 5) is 4.35. The van der Waals surface area contributed by atoms with Crippen molar-refractivity contribution in [2.24, 2.45) is 0 Å². The monoisotopic (exact) mass is 209 g/mol. The largest absolute Gasteiger partial charge is 0.256 e. The van der Waals surface area contributed by atoms with Gasteiger partial charge in [0.2, 0.25) is 0 Å². The molecule has 0 fully saturated rings. The molecule has 0 radical (unpaired) electrons. The fourth-order valence-corrected chi connectivity index (χ4v) is 1.22. The normalized spacial score (nSPS) is 11.4. The minimum atomic E-state index is 0.906. The molecule has 0 unspecified atom stereocenters. The number of aromatic nitrogens is 1. The van der Waals surface area contributed by atoms with Gasteiger partial charge in [0.05, 0.1) is 5.69 Å². The van der Waals surface area contributed by atoms with Crippen molar-refractivity contribution in [2.75, 3.05) is 0 Å². The first-order chi connectivity index (χ1) is 7.81. The number of hydrogen-bond donors (Lipinski definition) is 0. The van der Waals surface area contributed by atoms with Crippen molar-refractivity contribution < 1.29 is 0 Å². The summed E-state index contributed by atoms with van der Waals surface area (Å²) < 4.78 is 0. The maximum atomic E-state index is 4.35. The zero-order chi connectivity index (χ0) is 11.8. The molecule has 1 nitrogen and oxygen atoms in total. The van der Waals surface area contributed by atoms with Crippen LogP contribution in [0.1, 0.15) is 11.3 Å². The third-order valence-corrected chi connectivity index (χ3v) is 2.03. The summed E-state index contributed by atoms with van der Waals surface area (Å²) in [6, 6.07) is 3.94. The van der Waals surface area contributed by atoms with Crippen molar-refractivity contribution in [3.8, 4) is 0 Å². The Bertz CT molecular complexity index is 433. The molecule has 80 valence electrons. The molecule has 1 aromatic heterocycles. The SMILES string of the molecule is C=C/C=C\C(=C/C=C)c1ccc(C=C)cn1. The highest BCUT2D eigenvalue weighted by Gasteiger charge is 1.97. The van der Waals surface area contributed by atoms with Crippen molar-refractivity contribution in [1.29, 1.82) is 0 Å². The quantitative estimate of drug-likeness (QED) is 0.667. The van der Waals surface area contributed by atoms with Crippen LogP contribution in [0.2, 0.25) is 0 Å². The molecular formula is C15H15N. The number of hydrogen-bond acceptors (Lipinski definition) is 1. The number of allylic oxidation sites excluding steroid dienone is 6. The molecule has 0 spiro atoms. The van der Waals surface area contributed by atoms with E-state index in [4.69, 9.17) is 0 Å². The van der Waals surface area contributed by atoms with E-state index in [2.05, 4.69) is 24.7 Å². The van der Waals surface area contributed by atoms with Gasteiger partial charge in [0.1, 0.15) is 0 Å². The maximum absolute atomic E-state index is 4.35. The fraction of sp³-hybridized carbons (Fsp3) is 0. The predicted octanol–water partition coefficient (Wildman–Crippen LogP) is 4.04. The van der Waals surface area contributed by atoms with Crippen LogP contribution in [0.4, 0.5) is 0 Å². The van der Waals surface area contributed by atoms with Crippen LogP contribution < -0.4 is 0 Å². The van der Waals surface area contributed by atoms with Crippen LogP contribution >= 0.6 is 0 Å². The molecule has 0 bridgehead atoms. The van der Waals surface area contributed by atoms with Crippen LogP contribution in [0.3, 0.4) is 0 Å². The Labute approximate surface area is 96.9 Å². The van der Waals surface area contributed by atoms with Crippen molar-refractivity contribution in [1.82, 2.24) is 4.98 Å². The molecular weight excluding hydrogens is 194 g/mol. The average molecular weight is 209 g/mol. The first-order valence-corrected chi connectivity index (χ1v) is 5.02. The Kier molecular flexibility index (Phi) is 4.74. The van der Waals surface area contributed by atoms with E-state index in [-0.39, 0.29) is 0 Å². The highest BCUT2D eigenvalue weighted by molar-refractivity contribution is 5.73. The van der Waals surface area contributed by atoms with Crippen LogP contribution in [0.25, 0.3) is 11.6 Å². The highest BCUT2D eigenvalue weighted by Crippen LogP contribution is 2.14. The minimum Gasteiger partial charge on any atom is -0.256 e. The van der Waals surface area contributed by atoms with E-state index < -0.39 is 0 Å². The van der Waals surface area contributed by atoms with E-state index in [9.17, 15) is 0 Å². The Hall–Kier alpha value is -2.15. The van der Waals surface area contributed by atoms with E-state index in [1.807, 2.05) is 30.4 Å². The molecule has 0 N–H and O–H groups in total. The van der Waals surface area contributed by atoms with Gasteiger partial charge in [-0.15, -0.1) is 0 Å². The summed E-state index contributed by atoms with van der Waals surface area (Å²) in [5.74, 6) is 0. The second kappa shape index (κ2) is 6.36. The van der Waals surface area contributed by atoms with Gasteiger partial charge in [-0.3, -0.25) is 4.98 Å². The van der Waals surface area contributed by atoms with Crippen LogP contribution in [-0.2, 0) is 0 Å². The van der Waals surface area contributed by atoms with Crippen LogP contribution in [0, 0.1) is 0 Å². The van der Waals surface area contributed by atoms with Crippen molar-refractivity contribution >= 4 is 11.6 Å².